The lowest BCUT2D eigenvalue weighted by atomic mass is 10.2. The topological polar surface area (TPSA) is 78.4 Å². The Morgan fingerprint density at radius 2 is 1.71 bits per heavy atom. The number of benzene rings is 2. The van der Waals surface area contributed by atoms with Crippen molar-refractivity contribution in [3.05, 3.63) is 88.6 Å². The zero-order valence-electron chi connectivity index (χ0n) is 16.9. The third-order valence-electron chi connectivity index (χ3n) is 5.09. The predicted octanol–water partition coefficient (Wildman–Crippen LogP) is 3.37. The van der Waals surface area contributed by atoms with Crippen LogP contribution in [0.25, 0.3) is 0 Å². The highest BCUT2D eigenvalue weighted by Gasteiger charge is 2.25. The zero-order chi connectivity index (χ0) is 21.6. The van der Waals surface area contributed by atoms with Crippen LogP contribution < -0.4 is 10.2 Å². The summed E-state index contributed by atoms with van der Waals surface area (Å²) < 4.78 is 0. The first kappa shape index (κ1) is 20.8. The molecule has 2 aromatic carbocycles. The lowest BCUT2D eigenvalue weighted by molar-refractivity contribution is 0.0733. The molecule has 0 bridgehead atoms. The smallest absolute Gasteiger partial charge is 0.272 e. The van der Waals surface area contributed by atoms with E-state index >= 15 is 0 Å². The monoisotopic (exact) mass is 435 g/mol. The second-order valence-corrected chi connectivity index (χ2v) is 7.66. The van der Waals surface area contributed by atoms with Crippen LogP contribution in [-0.2, 0) is 6.54 Å². The van der Waals surface area contributed by atoms with Crippen LogP contribution in [-0.4, -0.2) is 46.7 Å². The van der Waals surface area contributed by atoms with E-state index in [0.717, 1.165) is 18.5 Å². The van der Waals surface area contributed by atoms with Crippen LogP contribution in [0.15, 0.2) is 66.7 Å². The third kappa shape index (κ3) is 5.00. The molecule has 0 saturated carbocycles. The molecule has 1 aliphatic heterocycles. The van der Waals surface area contributed by atoms with Crippen molar-refractivity contribution >= 4 is 29.2 Å². The fourth-order valence-electron chi connectivity index (χ4n) is 3.44. The summed E-state index contributed by atoms with van der Waals surface area (Å²) in [5, 5.41) is 11.6. The van der Waals surface area contributed by atoms with Crippen LogP contribution >= 0.6 is 11.6 Å². The van der Waals surface area contributed by atoms with Gasteiger partial charge in [-0.2, -0.15) is 0 Å². The van der Waals surface area contributed by atoms with Gasteiger partial charge in [-0.1, -0.05) is 54.1 Å². The highest BCUT2D eigenvalue weighted by molar-refractivity contribution is 6.33. The number of rotatable bonds is 5. The number of nitrogens with zero attached hydrogens (tertiary/aromatic N) is 4. The number of hydrogen-bond donors (Lipinski definition) is 1. The van der Waals surface area contributed by atoms with E-state index in [-0.39, 0.29) is 17.5 Å². The van der Waals surface area contributed by atoms with Gasteiger partial charge in [-0.25, -0.2) is 0 Å². The lowest BCUT2D eigenvalue weighted by Crippen LogP contribution is -2.48. The average Bonchev–Trinajstić information content (AvgIpc) is 2.83. The molecule has 1 aliphatic rings. The number of aromatic nitrogens is 2. The van der Waals surface area contributed by atoms with Gasteiger partial charge in [0.25, 0.3) is 11.8 Å². The second-order valence-electron chi connectivity index (χ2n) is 7.25. The molecule has 3 aromatic rings. The average molecular weight is 436 g/mol. The summed E-state index contributed by atoms with van der Waals surface area (Å²) in [7, 11) is 0. The van der Waals surface area contributed by atoms with E-state index in [9.17, 15) is 9.59 Å². The van der Waals surface area contributed by atoms with E-state index in [4.69, 9.17) is 11.6 Å². The molecule has 0 spiro atoms. The second kappa shape index (κ2) is 9.57. The van der Waals surface area contributed by atoms with Crippen molar-refractivity contribution < 1.29 is 9.59 Å². The van der Waals surface area contributed by atoms with Crippen LogP contribution in [0, 0.1) is 0 Å². The molecule has 31 heavy (non-hydrogen) atoms. The van der Waals surface area contributed by atoms with Gasteiger partial charge in [0.15, 0.2) is 11.5 Å². The number of nitrogens with one attached hydrogen (secondary N) is 1. The molecule has 4 rings (SSSR count). The Morgan fingerprint density at radius 1 is 0.935 bits per heavy atom. The van der Waals surface area contributed by atoms with Crippen molar-refractivity contribution in [1.29, 1.82) is 0 Å². The third-order valence-corrected chi connectivity index (χ3v) is 5.42. The minimum atomic E-state index is -0.280. The van der Waals surface area contributed by atoms with Crippen LogP contribution in [0.1, 0.15) is 32.8 Å². The Kier molecular flexibility index (Phi) is 6.43. The van der Waals surface area contributed by atoms with Gasteiger partial charge in [-0.05, 0) is 36.2 Å². The number of halogens is 1. The molecule has 8 heteroatoms. The van der Waals surface area contributed by atoms with Crippen molar-refractivity contribution in [2.75, 3.05) is 24.7 Å². The maximum Gasteiger partial charge on any atom is 0.272 e. The van der Waals surface area contributed by atoms with Crippen LogP contribution in [0.5, 0.6) is 0 Å². The lowest BCUT2D eigenvalue weighted by Gasteiger charge is -2.36. The summed E-state index contributed by atoms with van der Waals surface area (Å²) in [6, 6.07) is 20.1. The molecule has 0 atom stereocenters. The van der Waals surface area contributed by atoms with Gasteiger partial charge in [0, 0.05) is 19.6 Å². The van der Waals surface area contributed by atoms with Crippen molar-refractivity contribution in [3.63, 3.8) is 0 Å². The summed E-state index contributed by atoms with van der Waals surface area (Å²) in [4.78, 5) is 28.9. The van der Waals surface area contributed by atoms with Crippen molar-refractivity contribution in [2.24, 2.45) is 0 Å². The van der Waals surface area contributed by atoms with Crippen LogP contribution in [0.4, 0.5) is 5.82 Å². The molecule has 158 valence electrons. The maximum absolute atomic E-state index is 12.9. The Bertz CT molecular complexity index is 1060. The first-order valence-corrected chi connectivity index (χ1v) is 10.4. The largest absolute Gasteiger partial charge is 0.347 e. The molecule has 0 radical (unpaired) electrons. The van der Waals surface area contributed by atoms with E-state index in [0.29, 0.717) is 36.2 Å². The molecular formula is C23H22ClN5O2. The van der Waals surface area contributed by atoms with Gasteiger partial charge in [-0.3, -0.25) is 9.59 Å². The molecule has 0 unspecified atom stereocenters. The fraction of sp³-hybridized carbons (Fsp3) is 0.217. The van der Waals surface area contributed by atoms with Crippen molar-refractivity contribution in [1.82, 2.24) is 20.4 Å². The number of carbonyl (C=O) groups is 2. The Balaban J connectivity index is 1.38. The van der Waals surface area contributed by atoms with Gasteiger partial charge in [0.05, 0.1) is 17.3 Å². The minimum absolute atomic E-state index is 0.111. The minimum Gasteiger partial charge on any atom is -0.347 e. The highest BCUT2D eigenvalue weighted by Crippen LogP contribution is 2.21. The first-order valence-electron chi connectivity index (χ1n) is 10.1. The standard InChI is InChI=1S/C23H22ClN5O2/c24-19-10-5-4-9-18(19)23(31)29-14-6-13-28(16-29)21-12-11-20(26-27-21)22(30)25-15-17-7-2-1-3-8-17/h1-5,7-12H,6,13-16H2,(H,25,30). The molecule has 1 saturated heterocycles. The molecular weight excluding hydrogens is 414 g/mol. The highest BCUT2D eigenvalue weighted by atomic mass is 35.5. The molecule has 1 aromatic heterocycles. The van der Waals surface area contributed by atoms with E-state index in [1.165, 1.54) is 0 Å². The van der Waals surface area contributed by atoms with E-state index in [2.05, 4.69) is 15.5 Å². The normalized spacial score (nSPS) is 13.7. The number of hydrogen-bond acceptors (Lipinski definition) is 5. The summed E-state index contributed by atoms with van der Waals surface area (Å²) in [6.07, 6.45) is 0.803. The summed E-state index contributed by atoms with van der Waals surface area (Å²) in [5.74, 6) is 0.230. The summed E-state index contributed by atoms with van der Waals surface area (Å²) >= 11 is 6.18. The molecule has 2 amide bonds. The molecule has 2 heterocycles. The van der Waals surface area contributed by atoms with Crippen LogP contribution in [0.3, 0.4) is 0 Å². The van der Waals surface area contributed by atoms with E-state index in [1.807, 2.05) is 35.2 Å². The molecule has 1 N–H and O–H groups in total. The summed E-state index contributed by atoms with van der Waals surface area (Å²) in [5.41, 5.74) is 1.75. The Hall–Kier alpha value is -3.45. The van der Waals surface area contributed by atoms with Crippen molar-refractivity contribution in [3.8, 4) is 0 Å². The van der Waals surface area contributed by atoms with Gasteiger partial charge >= 0.3 is 0 Å². The van der Waals surface area contributed by atoms with E-state index in [1.54, 1.807) is 41.3 Å². The Labute approximate surface area is 185 Å². The molecule has 1 fully saturated rings. The van der Waals surface area contributed by atoms with Gasteiger partial charge in [-0.15, -0.1) is 10.2 Å². The quantitative estimate of drug-likeness (QED) is 0.664. The number of anilines is 1. The number of carbonyl (C=O) groups excluding carboxylic acids is 2. The predicted molar refractivity (Wildman–Crippen MR) is 119 cm³/mol. The van der Waals surface area contributed by atoms with Crippen LogP contribution in [0.2, 0.25) is 5.02 Å². The fourth-order valence-corrected chi connectivity index (χ4v) is 3.66. The SMILES string of the molecule is O=C(NCc1ccccc1)c1ccc(N2CCCN(C(=O)c3ccccc3Cl)C2)nn1. The molecule has 7 nitrogen and oxygen atoms in total. The Morgan fingerprint density at radius 3 is 2.45 bits per heavy atom. The molecule has 0 aliphatic carbocycles. The number of amides is 2. The van der Waals surface area contributed by atoms with Gasteiger partial charge < -0.3 is 15.1 Å². The zero-order valence-corrected chi connectivity index (χ0v) is 17.6. The van der Waals surface area contributed by atoms with E-state index < -0.39 is 0 Å². The van der Waals surface area contributed by atoms with Crippen molar-refractivity contribution in [2.45, 2.75) is 13.0 Å². The summed E-state index contributed by atoms with van der Waals surface area (Å²) in [6.45, 7) is 2.21. The maximum atomic E-state index is 12.9. The van der Waals surface area contributed by atoms with Gasteiger partial charge in [0.1, 0.15) is 0 Å². The first-order chi connectivity index (χ1) is 15.1. The van der Waals surface area contributed by atoms with Gasteiger partial charge in [0.2, 0.25) is 0 Å².